The lowest BCUT2D eigenvalue weighted by Gasteiger charge is -2.30. The molecule has 2 aromatic heterocycles. The molecule has 31 heavy (non-hydrogen) atoms. The fraction of sp³-hybridized carbons (Fsp3) is 0.560. The predicted molar refractivity (Wildman–Crippen MR) is 122 cm³/mol. The van der Waals surface area contributed by atoms with Crippen LogP contribution in [-0.4, -0.2) is 52.3 Å². The van der Waals surface area contributed by atoms with E-state index in [9.17, 15) is 4.79 Å². The third kappa shape index (κ3) is 5.61. The SMILES string of the molecule is CC(C)CN1CCC(C#Cc2nccc(-c3cccn(C4CCOCC4)c3=O)n2)CC1. The number of pyridine rings is 1. The molecule has 4 rings (SSSR count). The summed E-state index contributed by atoms with van der Waals surface area (Å²) in [6.07, 6.45) is 7.47. The van der Waals surface area contributed by atoms with Crippen LogP contribution in [0.2, 0.25) is 0 Å². The van der Waals surface area contributed by atoms with Gasteiger partial charge in [0.1, 0.15) is 0 Å². The number of hydrogen-bond acceptors (Lipinski definition) is 5. The Kier molecular flexibility index (Phi) is 7.16. The average Bonchev–Trinajstić information content (AvgIpc) is 2.79. The summed E-state index contributed by atoms with van der Waals surface area (Å²) < 4.78 is 7.27. The van der Waals surface area contributed by atoms with Gasteiger partial charge in [0.15, 0.2) is 0 Å². The minimum absolute atomic E-state index is 0.00969. The molecule has 0 aliphatic carbocycles. The van der Waals surface area contributed by atoms with Gasteiger partial charge in [-0.2, -0.15) is 0 Å². The van der Waals surface area contributed by atoms with Gasteiger partial charge in [0.25, 0.3) is 5.56 Å². The van der Waals surface area contributed by atoms with Crippen molar-refractivity contribution in [1.82, 2.24) is 19.4 Å². The maximum Gasteiger partial charge on any atom is 0.260 e. The lowest BCUT2D eigenvalue weighted by molar-refractivity contribution is 0.0687. The first-order valence-electron chi connectivity index (χ1n) is 11.5. The van der Waals surface area contributed by atoms with Crippen LogP contribution in [0.15, 0.2) is 35.4 Å². The summed E-state index contributed by atoms with van der Waals surface area (Å²) >= 11 is 0. The van der Waals surface area contributed by atoms with Gasteiger partial charge in [-0.15, -0.1) is 0 Å². The first-order chi connectivity index (χ1) is 15.1. The Balaban J connectivity index is 1.48. The minimum atomic E-state index is -0.00969. The molecule has 0 spiro atoms. The zero-order valence-electron chi connectivity index (χ0n) is 18.6. The van der Waals surface area contributed by atoms with Crippen LogP contribution in [0.25, 0.3) is 11.3 Å². The molecule has 6 nitrogen and oxygen atoms in total. The molecule has 0 N–H and O–H groups in total. The third-order valence-corrected chi connectivity index (χ3v) is 6.09. The summed E-state index contributed by atoms with van der Waals surface area (Å²) in [5.74, 6) is 8.11. The van der Waals surface area contributed by atoms with E-state index in [1.54, 1.807) is 12.3 Å². The van der Waals surface area contributed by atoms with Gasteiger partial charge in [0, 0.05) is 44.1 Å². The summed E-state index contributed by atoms with van der Waals surface area (Å²) in [7, 11) is 0. The number of piperidine rings is 1. The van der Waals surface area contributed by atoms with Gasteiger partial charge in [-0.05, 0) is 68.8 Å². The van der Waals surface area contributed by atoms with E-state index in [4.69, 9.17) is 4.74 Å². The Labute approximate surface area is 184 Å². The van der Waals surface area contributed by atoms with Crippen molar-refractivity contribution >= 4 is 0 Å². The first kappa shape index (κ1) is 21.7. The molecule has 0 aromatic carbocycles. The molecule has 0 amide bonds. The highest BCUT2D eigenvalue weighted by molar-refractivity contribution is 5.57. The summed E-state index contributed by atoms with van der Waals surface area (Å²) in [6.45, 7) is 9.30. The highest BCUT2D eigenvalue weighted by atomic mass is 16.5. The number of rotatable bonds is 4. The normalized spacial score (nSPS) is 18.7. The first-order valence-corrected chi connectivity index (χ1v) is 11.5. The molecule has 0 unspecified atom stereocenters. The smallest absolute Gasteiger partial charge is 0.260 e. The Bertz CT molecular complexity index is 990. The summed E-state index contributed by atoms with van der Waals surface area (Å²) in [5.41, 5.74) is 1.23. The molecule has 2 aliphatic heterocycles. The highest BCUT2D eigenvalue weighted by Crippen LogP contribution is 2.21. The van der Waals surface area contributed by atoms with Crippen molar-refractivity contribution in [2.75, 3.05) is 32.8 Å². The molecule has 0 saturated carbocycles. The van der Waals surface area contributed by atoms with Crippen molar-refractivity contribution in [1.29, 1.82) is 0 Å². The quantitative estimate of drug-likeness (QED) is 0.710. The van der Waals surface area contributed by atoms with Crippen LogP contribution in [-0.2, 0) is 4.74 Å². The zero-order chi connectivity index (χ0) is 21.6. The minimum Gasteiger partial charge on any atom is -0.381 e. The number of hydrogen-bond donors (Lipinski definition) is 0. The Hall–Kier alpha value is -2.49. The molecule has 4 heterocycles. The number of aromatic nitrogens is 3. The van der Waals surface area contributed by atoms with Crippen LogP contribution in [0.5, 0.6) is 0 Å². The largest absolute Gasteiger partial charge is 0.381 e. The molecular weight excluding hydrogens is 388 g/mol. The van der Waals surface area contributed by atoms with Crippen molar-refractivity contribution in [2.45, 2.75) is 45.6 Å². The van der Waals surface area contributed by atoms with Crippen LogP contribution in [0.3, 0.4) is 0 Å². The van der Waals surface area contributed by atoms with Gasteiger partial charge < -0.3 is 14.2 Å². The van der Waals surface area contributed by atoms with Gasteiger partial charge in [0.05, 0.1) is 11.3 Å². The molecule has 0 radical (unpaired) electrons. The number of ether oxygens (including phenoxy) is 1. The van der Waals surface area contributed by atoms with E-state index in [1.807, 2.05) is 22.9 Å². The second-order valence-electron chi connectivity index (χ2n) is 8.98. The van der Waals surface area contributed by atoms with E-state index in [1.165, 1.54) is 0 Å². The maximum atomic E-state index is 13.1. The molecule has 2 saturated heterocycles. The van der Waals surface area contributed by atoms with Gasteiger partial charge in [0.2, 0.25) is 5.82 Å². The zero-order valence-corrected chi connectivity index (χ0v) is 18.6. The lowest BCUT2D eigenvalue weighted by atomic mass is 9.97. The average molecular weight is 421 g/mol. The summed E-state index contributed by atoms with van der Waals surface area (Å²) in [6, 6.07) is 5.73. The van der Waals surface area contributed by atoms with Crippen molar-refractivity contribution in [3.8, 4) is 23.1 Å². The van der Waals surface area contributed by atoms with Crippen molar-refractivity contribution in [3.63, 3.8) is 0 Å². The van der Waals surface area contributed by atoms with Crippen molar-refractivity contribution in [2.24, 2.45) is 11.8 Å². The molecule has 0 bridgehead atoms. The van der Waals surface area contributed by atoms with E-state index in [-0.39, 0.29) is 11.6 Å². The van der Waals surface area contributed by atoms with E-state index < -0.39 is 0 Å². The van der Waals surface area contributed by atoms with E-state index >= 15 is 0 Å². The van der Waals surface area contributed by atoms with Gasteiger partial charge >= 0.3 is 0 Å². The molecule has 164 valence electrons. The lowest BCUT2D eigenvalue weighted by Crippen LogP contribution is -2.35. The monoisotopic (exact) mass is 420 g/mol. The van der Waals surface area contributed by atoms with Crippen LogP contribution < -0.4 is 5.56 Å². The Morgan fingerprint density at radius 3 is 2.68 bits per heavy atom. The van der Waals surface area contributed by atoms with E-state index in [0.29, 0.717) is 42.1 Å². The maximum absolute atomic E-state index is 13.1. The molecule has 2 fully saturated rings. The Morgan fingerprint density at radius 2 is 1.94 bits per heavy atom. The van der Waals surface area contributed by atoms with Crippen molar-refractivity contribution in [3.05, 3.63) is 46.8 Å². The molecule has 0 atom stereocenters. The second-order valence-corrected chi connectivity index (χ2v) is 8.98. The van der Waals surface area contributed by atoms with Crippen LogP contribution in [0.1, 0.15) is 51.4 Å². The van der Waals surface area contributed by atoms with Gasteiger partial charge in [-0.1, -0.05) is 19.8 Å². The van der Waals surface area contributed by atoms with Gasteiger partial charge in [-0.3, -0.25) is 4.79 Å². The standard InChI is InChI=1S/C25H32N4O2/c1-19(2)18-28-14-8-20(9-15-28)5-6-24-26-12-7-23(27-24)22-4-3-13-29(25(22)30)21-10-16-31-17-11-21/h3-4,7,12-13,19-21H,8-11,14-18H2,1-2H3. The Morgan fingerprint density at radius 1 is 1.16 bits per heavy atom. The highest BCUT2D eigenvalue weighted by Gasteiger charge is 2.19. The molecule has 2 aliphatic rings. The fourth-order valence-corrected chi connectivity index (χ4v) is 4.47. The topological polar surface area (TPSA) is 60.2 Å². The molecule has 2 aromatic rings. The molecular formula is C25H32N4O2. The van der Waals surface area contributed by atoms with Crippen LogP contribution in [0.4, 0.5) is 0 Å². The van der Waals surface area contributed by atoms with E-state index in [0.717, 1.165) is 45.3 Å². The van der Waals surface area contributed by atoms with Crippen molar-refractivity contribution < 1.29 is 4.74 Å². The number of nitrogens with zero attached hydrogens (tertiary/aromatic N) is 4. The van der Waals surface area contributed by atoms with Crippen LogP contribution >= 0.6 is 0 Å². The third-order valence-electron chi connectivity index (χ3n) is 6.09. The number of likely N-dealkylation sites (tertiary alicyclic amines) is 1. The summed E-state index contributed by atoms with van der Waals surface area (Å²) in [5, 5.41) is 0. The predicted octanol–water partition coefficient (Wildman–Crippen LogP) is 3.38. The summed E-state index contributed by atoms with van der Waals surface area (Å²) in [4.78, 5) is 24.6. The van der Waals surface area contributed by atoms with Crippen LogP contribution in [0, 0.1) is 23.7 Å². The fourth-order valence-electron chi connectivity index (χ4n) is 4.47. The van der Waals surface area contributed by atoms with E-state index in [2.05, 4.69) is 40.6 Å². The van der Waals surface area contributed by atoms with Gasteiger partial charge in [-0.25, -0.2) is 9.97 Å². The second kappa shape index (κ2) is 10.2. The molecule has 6 heteroatoms.